The summed E-state index contributed by atoms with van der Waals surface area (Å²) in [6.07, 6.45) is 0. The fourth-order valence-electron chi connectivity index (χ4n) is 4.98. The molecule has 40 heavy (non-hydrogen) atoms. The summed E-state index contributed by atoms with van der Waals surface area (Å²) < 4.78 is 0. The highest BCUT2D eigenvalue weighted by molar-refractivity contribution is 7.99. The summed E-state index contributed by atoms with van der Waals surface area (Å²) in [6.45, 7) is 4.45. The van der Waals surface area contributed by atoms with Crippen molar-refractivity contribution < 1.29 is 0 Å². The fraction of sp³-hybridized carbons (Fsp3) is 0.0526. The number of hydrogen-bond donors (Lipinski definition) is 0. The highest BCUT2D eigenvalue weighted by atomic mass is 32.2. The van der Waals surface area contributed by atoms with Gasteiger partial charge in [-0.1, -0.05) is 103 Å². The number of hydrogen-bond acceptors (Lipinski definition) is 1. The smallest absolute Gasteiger partial charge is 0.0898 e. The minimum absolute atomic E-state index is 0.184. The molecule has 0 spiro atoms. The van der Waals surface area contributed by atoms with Crippen molar-refractivity contribution in [3.63, 3.8) is 0 Å². The second kappa shape index (κ2) is 12.0. The molecule has 0 amide bonds. The lowest BCUT2D eigenvalue weighted by Crippen LogP contribution is -2.06. The Balaban J connectivity index is 1.29. The van der Waals surface area contributed by atoms with Crippen LogP contribution >= 0.6 is 11.8 Å². The van der Waals surface area contributed by atoms with Gasteiger partial charge in [-0.2, -0.15) is 0 Å². The highest BCUT2D eigenvalue weighted by Crippen LogP contribution is 2.37. The van der Waals surface area contributed by atoms with E-state index in [0.29, 0.717) is 0 Å². The first-order valence-electron chi connectivity index (χ1n) is 13.6. The van der Waals surface area contributed by atoms with Crippen molar-refractivity contribution in [2.45, 2.75) is 38.3 Å². The van der Waals surface area contributed by atoms with Crippen LogP contribution in [0.1, 0.15) is 11.1 Å². The van der Waals surface area contributed by atoms with Gasteiger partial charge in [0, 0.05) is 15.4 Å². The average Bonchev–Trinajstić information content (AvgIpc) is 3.01. The minimum Gasteiger partial charge on any atom is -0.0898 e. The highest BCUT2D eigenvalue weighted by Gasteiger charge is 2.30. The monoisotopic (exact) mass is 551 g/mol. The third-order valence-corrected chi connectivity index (χ3v) is 10.6. The van der Waals surface area contributed by atoms with Crippen molar-refractivity contribution >= 4 is 22.7 Å². The molecule has 0 aliphatic rings. The summed E-state index contributed by atoms with van der Waals surface area (Å²) in [5.41, 5.74) is 7.66. The summed E-state index contributed by atoms with van der Waals surface area (Å²) in [4.78, 5) is 6.60. The lowest BCUT2D eigenvalue weighted by atomic mass is 10.0. The van der Waals surface area contributed by atoms with Gasteiger partial charge >= 0.3 is 0 Å². The van der Waals surface area contributed by atoms with Crippen LogP contribution in [-0.4, -0.2) is 0 Å². The molecule has 194 valence electrons. The van der Waals surface area contributed by atoms with Crippen molar-refractivity contribution in [3.05, 3.63) is 163 Å². The first-order valence-corrected chi connectivity index (χ1v) is 15.6. The Morgan fingerprint density at radius 1 is 0.425 bits per heavy atom. The standard InChI is InChI=1S/C38H31S2/c1-28-26-32(30-12-6-3-7-13-30)18-24-37(28)39-34-20-22-36(23-21-34)40(35-16-10-5-11-17-35)38-25-19-33(27-29(38)2)31-14-8-4-9-15-31/h3-27H,1-2H3/q+1. The quantitative estimate of drug-likeness (QED) is 0.178. The molecule has 6 aromatic carbocycles. The third kappa shape index (κ3) is 5.79. The van der Waals surface area contributed by atoms with E-state index >= 15 is 0 Å². The van der Waals surface area contributed by atoms with Gasteiger partial charge in [0.25, 0.3) is 0 Å². The lowest BCUT2D eigenvalue weighted by Gasteiger charge is -2.13. The van der Waals surface area contributed by atoms with Crippen LogP contribution in [0, 0.1) is 13.8 Å². The van der Waals surface area contributed by atoms with Crippen LogP contribution < -0.4 is 0 Å². The Kier molecular flexibility index (Phi) is 7.90. The first-order chi connectivity index (χ1) is 19.7. The van der Waals surface area contributed by atoms with Gasteiger partial charge in [0.2, 0.25) is 0 Å². The van der Waals surface area contributed by atoms with Gasteiger partial charge in [-0.3, -0.25) is 0 Å². The lowest BCUT2D eigenvalue weighted by molar-refractivity contribution is 1.24. The van der Waals surface area contributed by atoms with Crippen LogP contribution in [0.15, 0.2) is 176 Å². The largest absolute Gasteiger partial charge is 0.169 e. The molecule has 0 radical (unpaired) electrons. The van der Waals surface area contributed by atoms with Crippen molar-refractivity contribution in [2.75, 3.05) is 0 Å². The first kappa shape index (κ1) is 26.3. The van der Waals surface area contributed by atoms with E-state index in [-0.39, 0.29) is 10.9 Å². The molecule has 6 aromatic rings. The van der Waals surface area contributed by atoms with Crippen LogP contribution in [0.2, 0.25) is 0 Å². The molecule has 0 saturated carbocycles. The zero-order chi connectivity index (χ0) is 27.3. The van der Waals surface area contributed by atoms with Crippen molar-refractivity contribution in [3.8, 4) is 22.3 Å². The molecule has 1 atom stereocenters. The van der Waals surface area contributed by atoms with Crippen LogP contribution in [0.25, 0.3) is 22.3 Å². The second-order valence-electron chi connectivity index (χ2n) is 9.89. The second-order valence-corrected chi connectivity index (χ2v) is 13.0. The molecule has 0 aliphatic carbocycles. The Hall–Kier alpha value is -3.98. The summed E-state index contributed by atoms with van der Waals surface area (Å²) in [5, 5.41) is 0. The third-order valence-electron chi connectivity index (χ3n) is 7.05. The zero-order valence-electron chi connectivity index (χ0n) is 22.8. The topological polar surface area (TPSA) is 0 Å². The number of aryl methyl sites for hydroxylation is 2. The molecule has 0 heterocycles. The average molecular weight is 552 g/mol. The maximum Gasteiger partial charge on any atom is 0.169 e. The van der Waals surface area contributed by atoms with Gasteiger partial charge in [0.05, 0.1) is 10.9 Å². The summed E-state index contributed by atoms with van der Waals surface area (Å²) >= 11 is 1.84. The van der Waals surface area contributed by atoms with Crippen molar-refractivity contribution in [1.82, 2.24) is 0 Å². The van der Waals surface area contributed by atoms with Gasteiger partial charge in [0.15, 0.2) is 14.7 Å². The molecule has 0 bridgehead atoms. The Bertz CT molecular complexity index is 1710. The van der Waals surface area contributed by atoms with Crippen LogP contribution in [0.5, 0.6) is 0 Å². The van der Waals surface area contributed by atoms with E-state index in [0.717, 1.165) is 0 Å². The van der Waals surface area contributed by atoms with Gasteiger partial charge in [-0.15, -0.1) is 0 Å². The fourth-order valence-corrected chi connectivity index (χ4v) is 8.06. The maximum absolute atomic E-state index is 2.33. The van der Waals surface area contributed by atoms with E-state index in [1.165, 1.54) is 57.9 Å². The molecule has 0 saturated heterocycles. The molecule has 6 rings (SSSR count). The van der Waals surface area contributed by atoms with Gasteiger partial charge < -0.3 is 0 Å². The molecule has 1 unspecified atom stereocenters. The SMILES string of the molecule is Cc1cc(-c2ccccc2)ccc1Sc1ccc([S+](c2ccccc2)c2ccc(-c3ccccc3)cc2C)cc1. The minimum atomic E-state index is -0.184. The van der Waals surface area contributed by atoms with Gasteiger partial charge in [0.1, 0.15) is 0 Å². The van der Waals surface area contributed by atoms with E-state index < -0.39 is 0 Å². The molecular formula is C38H31S2+. The van der Waals surface area contributed by atoms with E-state index in [2.05, 4.69) is 166 Å². The van der Waals surface area contributed by atoms with Gasteiger partial charge in [-0.05, 0) is 102 Å². The number of benzene rings is 6. The van der Waals surface area contributed by atoms with Gasteiger partial charge in [-0.25, -0.2) is 0 Å². The summed E-state index contributed by atoms with van der Waals surface area (Å²) in [6, 6.07) is 55.0. The Labute approximate surface area is 245 Å². The van der Waals surface area contributed by atoms with Crippen molar-refractivity contribution in [1.29, 1.82) is 0 Å². The number of rotatable bonds is 7. The summed E-state index contributed by atoms with van der Waals surface area (Å²) in [7, 11) is -0.184. The van der Waals surface area contributed by atoms with E-state index in [1.54, 1.807) is 0 Å². The predicted molar refractivity (Wildman–Crippen MR) is 172 cm³/mol. The molecule has 0 aromatic heterocycles. The zero-order valence-corrected chi connectivity index (χ0v) is 24.4. The normalized spacial score (nSPS) is 11.8. The maximum atomic E-state index is 2.33. The van der Waals surface area contributed by atoms with E-state index in [9.17, 15) is 0 Å². The molecule has 2 heteroatoms. The molecule has 0 N–H and O–H groups in total. The van der Waals surface area contributed by atoms with E-state index in [4.69, 9.17) is 0 Å². The molecule has 0 aliphatic heterocycles. The Morgan fingerprint density at radius 3 is 1.48 bits per heavy atom. The summed E-state index contributed by atoms with van der Waals surface area (Å²) in [5.74, 6) is 0. The molecular weight excluding hydrogens is 521 g/mol. The van der Waals surface area contributed by atoms with Crippen LogP contribution in [-0.2, 0) is 10.9 Å². The molecule has 0 fully saturated rings. The predicted octanol–water partition coefficient (Wildman–Crippen LogP) is 10.9. The van der Waals surface area contributed by atoms with Crippen LogP contribution in [0.4, 0.5) is 0 Å². The van der Waals surface area contributed by atoms with Crippen LogP contribution in [0.3, 0.4) is 0 Å². The van der Waals surface area contributed by atoms with Crippen molar-refractivity contribution in [2.24, 2.45) is 0 Å². The molecule has 0 nitrogen and oxygen atoms in total. The Morgan fingerprint density at radius 2 is 0.925 bits per heavy atom. The van der Waals surface area contributed by atoms with E-state index in [1.807, 2.05) is 11.8 Å².